The van der Waals surface area contributed by atoms with E-state index in [2.05, 4.69) is 16.3 Å². The average molecular weight is 281 g/mol. The fourth-order valence-corrected chi connectivity index (χ4v) is 2.46. The molecule has 0 aromatic heterocycles. The van der Waals surface area contributed by atoms with Gasteiger partial charge < -0.3 is 10.4 Å². The van der Waals surface area contributed by atoms with Gasteiger partial charge in [0.25, 0.3) is 0 Å². The van der Waals surface area contributed by atoms with Crippen molar-refractivity contribution in [1.82, 2.24) is 10.2 Å². The van der Waals surface area contributed by atoms with Gasteiger partial charge in [0, 0.05) is 6.54 Å². The van der Waals surface area contributed by atoms with Crippen LogP contribution in [-0.2, 0) is 4.79 Å². The van der Waals surface area contributed by atoms with Crippen molar-refractivity contribution in [2.75, 3.05) is 19.6 Å². The van der Waals surface area contributed by atoms with Crippen LogP contribution in [0, 0.1) is 23.2 Å². The molecule has 1 saturated heterocycles. The predicted octanol–water partition coefficient (Wildman–Crippen LogP) is 1.13. The van der Waals surface area contributed by atoms with Gasteiger partial charge in [0.2, 0.25) is 5.91 Å². The molecule has 3 unspecified atom stereocenters. The second-order valence-corrected chi connectivity index (χ2v) is 6.40. The van der Waals surface area contributed by atoms with E-state index < -0.39 is 5.54 Å². The SMILES string of the molecule is CC(O)C1CCCN(CC(=O)NC(C)(C#N)C(C)C)C1. The Balaban J connectivity index is 2.52. The van der Waals surface area contributed by atoms with E-state index in [0.717, 1.165) is 25.9 Å². The van der Waals surface area contributed by atoms with E-state index in [9.17, 15) is 15.2 Å². The van der Waals surface area contributed by atoms with Crippen LogP contribution >= 0.6 is 0 Å². The van der Waals surface area contributed by atoms with Crippen LogP contribution in [0.15, 0.2) is 0 Å². The summed E-state index contributed by atoms with van der Waals surface area (Å²) in [5.74, 6) is 0.181. The first-order valence-electron chi connectivity index (χ1n) is 7.41. The normalized spacial score (nSPS) is 24.8. The summed E-state index contributed by atoms with van der Waals surface area (Å²) in [4.78, 5) is 14.2. The summed E-state index contributed by atoms with van der Waals surface area (Å²) < 4.78 is 0. The smallest absolute Gasteiger partial charge is 0.235 e. The maximum atomic E-state index is 12.1. The van der Waals surface area contributed by atoms with Gasteiger partial charge in [-0.1, -0.05) is 13.8 Å². The predicted molar refractivity (Wildman–Crippen MR) is 77.8 cm³/mol. The molecule has 1 fully saturated rings. The Bertz CT molecular complexity index is 376. The number of rotatable bonds is 5. The van der Waals surface area contributed by atoms with Crippen LogP contribution in [-0.4, -0.2) is 47.2 Å². The highest BCUT2D eigenvalue weighted by Crippen LogP contribution is 2.20. The molecular weight excluding hydrogens is 254 g/mol. The summed E-state index contributed by atoms with van der Waals surface area (Å²) in [6.07, 6.45) is 1.68. The lowest BCUT2D eigenvalue weighted by atomic mass is 9.90. The van der Waals surface area contributed by atoms with E-state index in [-0.39, 0.29) is 23.8 Å². The van der Waals surface area contributed by atoms with Crippen molar-refractivity contribution in [1.29, 1.82) is 5.26 Å². The van der Waals surface area contributed by atoms with Crippen molar-refractivity contribution >= 4 is 5.91 Å². The van der Waals surface area contributed by atoms with Gasteiger partial charge in [0.15, 0.2) is 0 Å². The summed E-state index contributed by atoms with van der Waals surface area (Å²) in [6.45, 7) is 9.33. The number of carbonyl (C=O) groups excluding carboxylic acids is 1. The third kappa shape index (κ3) is 4.46. The van der Waals surface area contributed by atoms with Crippen molar-refractivity contribution < 1.29 is 9.90 Å². The monoisotopic (exact) mass is 281 g/mol. The molecule has 20 heavy (non-hydrogen) atoms. The molecule has 0 bridgehead atoms. The standard InChI is InChI=1S/C15H27N3O2/c1-11(2)15(4,10-16)17-14(20)9-18-7-5-6-13(8-18)12(3)19/h11-13,19H,5-9H2,1-4H3,(H,17,20). The number of piperidine rings is 1. The summed E-state index contributed by atoms with van der Waals surface area (Å²) >= 11 is 0. The first-order chi connectivity index (χ1) is 9.28. The number of nitriles is 1. The molecule has 5 heteroatoms. The van der Waals surface area contributed by atoms with Crippen molar-refractivity contribution in [2.24, 2.45) is 11.8 Å². The van der Waals surface area contributed by atoms with E-state index in [1.165, 1.54) is 0 Å². The Morgan fingerprint density at radius 2 is 2.20 bits per heavy atom. The Kier molecular flexibility index (Phi) is 5.97. The summed E-state index contributed by atoms with van der Waals surface area (Å²) in [6, 6.07) is 2.18. The molecule has 1 rings (SSSR count). The molecule has 0 radical (unpaired) electrons. The van der Waals surface area contributed by atoms with Gasteiger partial charge in [0.05, 0.1) is 18.7 Å². The first kappa shape index (κ1) is 16.9. The van der Waals surface area contributed by atoms with Crippen LogP contribution in [0.1, 0.15) is 40.5 Å². The molecule has 0 saturated carbocycles. The van der Waals surface area contributed by atoms with E-state index in [4.69, 9.17) is 0 Å². The van der Waals surface area contributed by atoms with Gasteiger partial charge in [-0.25, -0.2) is 0 Å². The van der Waals surface area contributed by atoms with E-state index in [0.29, 0.717) is 6.54 Å². The Labute approximate surface area is 122 Å². The molecule has 114 valence electrons. The number of likely N-dealkylation sites (tertiary alicyclic amines) is 1. The highest BCUT2D eigenvalue weighted by Gasteiger charge is 2.31. The van der Waals surface area contributed by atoms with Crippen molar-refractivity contribution in [3.05, 3.63) is 0 Å². The minimum Gasteiger partial charge on any atom is -0.393 e. The highest BCUT2D eigenvalue weighted by molar-refractivity contribution is 5.79. The zero-order valence-electron chi connectivity index (χ0n) is 13.0. The van der Waals surface area contributed by atoms with Gasteiger partial charge in [-0.05, 0) is 45.1 Å². The van der Waals surface area contributed by atoms with Gasteiger partial charge in [-0.15, -0.1) is 0 Å². The number of aliphatic hydroxyl groups excluding tert-OH is 1. The van der Waals surface area contributed by atoms with Crippen molar-refractivity contribution in [3.63, 3.8) is 0 Å². The Morgan fingerprint density at radius 1 is 1.55 bits per heavy atom. The van der Waals surface area contributed by atoms with Crippen molar-refractivity contribution in [3.8, 4) is 6.07 Å². The lowest BCUT2D eigenvalue weighted by Crippen LogP contribution is -2.53. The number of hydrogen-bond donors (Lipinski definition) is 2. The maximum Gasteiger partial charge on any atom is 0.235 e. The molecule has 1 aliphatic heterocycles. The van der Waals surface area contributed by atoms with Crippen molar-refractivity contribution in [2.45, 2.75) is 52.2 Å². The molecule has 2 N–H and O–H groups in total. The topological polar surface area (TPSA) is 76.4 Å². The third-order valence-electron chi connectivity index (χ3n) is 4.38. The number of nitrogens with one attached hydrogen (secondary N) is 1. The summed E-state index contributed by atoms with van der Waals surface area (Å²) in [5.41, 5.74) is -0.823. The molecule has 3 atom stereocenters. The summed E-state index contributed by atoms with van der Waals surface area (Å²) in [5, 5.41) is 21.7. The third-order valence-corrected chi connectivity index (χ3v) is 4.38. The lowest BCUT2D eigenvalue weighted by Gasteiger charge is -2.35. The molecular formula is C15H27N3O2. The number of nitrogens with zero attached hydrogens (tertiary/aromatic N) is 2. The fourth-order valence-electron chi connectivity index (χ4n) is 2.46. The molecule has 0 aromatic rings. The molecule has 1 amide bonds. The Hall–Kier alpha value is -1.12. The first-order valence-corrected chi connectivity index (χ1v) is 7.41. The second-order valence-electron chi connectivity index (χ2n) is 6.40. The number of aliphatic hydroxyl groups is 1. The van der Waals surface area contributed by atoms with Crippen LogP contribution in [0.25, 0.3) is 0 Å². The quantitative estimate of drug-likeness (QED) is 0.792. The zero-order chi connectivity index (χ0) is 15.3. The molecule has 0 aliphatic carbocycles. The van der Waals surface area contributed by atoms with E-state index in [1.807, 2.05) is 13.8 Å². The van der Waals surface area contributed by atoms with Crippen LogP contribution < -0.4 is 5.32 Å². The molecule has 1 aliphatic rings. The summed E-state index contributed by atoms with van der Waals surface area (Å²) in [7, 11) is 0. The molecule has 0 aromatic carbocycles. The van der Waals surface area contributed by atoms with E-state index in [1.54, 1.807) is 13.8 Å². The maximum absolute atomic E-state index is 12.1. The number of hydrogen-bond acceptors (Lipinski definition) is 4. The zero-order valence-corrected chi connectivity index (χ0v) is 13.0. The minimum absolute atomic E-state index is 0.0584. The average Bonchev–Trinajstić information content (AvgIpc) is 2.38. The lowest BCUT2D eigenvalue weighted by molar-refractivity contribution is -0.124. The van der Waals surface area contributed by atoms with Gasteiger partial charge in [0.1, 0.15) is 5.54 Å². The highest BCUT2D eigenvalue weighted by atomic mass is 16.3. The fraction of sp³-hybridized carbons (Fsp3) is 0.867. The van der Waals surface area contributed by atoms with E-state index >= 15 is 0 Å². The van der Waals surface area contributed by atoms with Crippen LogP contribution in [0.4, 0.5) is 0 Å². The van der Waals surface area contributed by atoms with Crippen LogP contribution in [0.2, 0.25) is 0 Å². The molecule has 1 heterocycles. The largest absolute Gasteiger partial charge is 0.393 e. The van der Waals surface area contributed by atoms with Crippen LogP contribution in [0.3, 0.4) is 0 Å². The number of carbonyl (C=O) groups is 1. The van der Waals surface area contributed by atoms with Gasteiger partial charge in [-0.3, -0.25) is 9.69 Å². The van der Waals surface area contributed by atoms with Gasteiger partial charge in [-0.2, -0.15) is 5.26 Å². The minimum atomic E-state index is -0.823. The number of amides is 1. The molecule has 5 nitrogen and oxygen atoms in total. The second kappa shape index (κ2) is 7.05. The van der Waals surface area contributed by atoms with Gasteiger partial charge >= 0.3 is 0 Å². The Morgan fingerprint density at radius 3 is 2.70 bits per heavy atom. The van der Waals surface area contributed by atoms with Crippen LogP contribution in [0.5, 0.6) is 0 Å². The molecule has 0 spiro atoms.